The zero-order valence-corrected chi connectivity index (χ0v) is 15.3. The standard InChI is InChI=1S/C2H6O6S4.2Na.H2O/c3-11(4,9)7-1-2-8-12(5,6)10;;;/h1-2H2,(H,3,4,9)(H,5,6,10);;;1H2/q;2*+1;/p-2. The van der Waals surface area contributed by atoms with Gasteiger partial charge in [0.25, 0.3) is 0 Å². The van der Waals surface area contributed by atoms with Crippen molar-refractivity contribution in [3.05, 3.63) is 0 Å². The van der Waals surface area contributed by atoms with Crippen molar-refractivity contribution >= 4 is 40.5 Å². The SMILES string of the molecule is O.O=S([O-])(=S)OCCOS(=O)([O-])=S.[Na+].[Na+]. The van der Waals surface area contributed by atoms with E-state index in [-0.39, 0.29) is 64.6 Å². The molecule has 0 aliphatic heterocycles. The smallest absolute Gasteiger partial charge is 0.748 e. The summed E-state index contributed by atoms with van der Waals surface area (Å²) in [6.07, 6.45) is 0. The second kappa shape index (κ2) is 11.6. The predicted molar refractivity (Wildman–Crippen MR) is 48.1 cm³/mol. The molecule has 0 aromatic rings. The fraction of sp³-hybridized carbons (Fsp3) is 1.00. The van der Waals surface area contributed by atoms with Gasteiger partial charge in [-0.25, -0.2) is 8.42 Å². The van der Waals surface area contributed by atoms with Gasteiger partial charge >= 0.3 is 59.1 Å². The fourth-order valence-electron chi connectivity index (χ4n) is 0.272. The van der Waals surface area contributed by atoms with Gasteiger partial charge in [-0.15, -0.1) is 0 Å². The molecule has 2 N–H and O–H groups in total. The molecule has 82 valence electrons. The molecule has 0 saturated carbocycles. The van der Waals surface area contributed by atoms with E-state index in [1.807, 2.05) is 0 Å². The summed E-state index contributed by atoms with van der Waals surface area (Å²) in [5.41, 5.74) is 0. The maximum Gasteiger partial charge on any atom is 1.00 e. The van der Waals surface area contributed by atoms with Crippen LogP contribution in [0.15, 0.2) is 0 Å². The van der Waals surface area contributed by atoms with Crippen LogP contribution < -0.4 is 59.1 Å². The Morgan fingerprint density at radius 2 is 1.13 bits per heavy atom. The van der Waals surface area contributed by atoms with Gasteiger partial charge in [0, 0.05) is 0 Å². The third kappa shape index (κ3) is 26.3. The summed E-state index contributed by atoms with van der Waals surface area (Å²) in [7, 11) is -7.93. The number of hydrogen-bond acceptors (Lipinski definition) is 8. The summed E-state index contributed by atoms with van der Waals surface area (Å²) in [4.78, 5) is 0. The van der Waals surface area contributed by atoms with Crippen LogP contribution in [0.5, 0.6) is 0 Å². The molecule has 0 aliphatic carbocycles. The van der Waals surface area contributed by atoms with Gasteiger partial charge in [0.2, 0.25) is 0 Å². The van der Waals surface area contributed by atoms with Crippen molar-refractivity contribution in [2.24, 2.45) is 0 Å². The largest absolute Gasteiger partial charge is 1.00 e. The summed E-state index contributed by atoms with van der Waals surface area (Å²) in [5, 5.41) is 0. The van der Waals surface area contributed by atoms with Crippen LogP contribution in [0.25, 0.3) is 0 Å². The van der Waals surface area contributed by atoms with E-state index < -0.39 is 31.3 Å². The molecule has 0 aromatic carbocycles. The van der Waals surface area contributed by atoms with Gasteiger partial charge < -0.3 is 14.6 Å². The predicted octanol–water partition coefficient (Wildman–Crippen LogP) is -8.21. The van der Waals surface area contributed by atoms with E-state index in [9.17, 15) is 17.5 Å². The van der Waals surface area contributed by atoms with Crippen LogP contribution in [0.4, 0.5) is 0 Å². The maximum atomic E-state index is 10.1. The molecule has 0 amide bonds. The van der Waals surface area contributed by atoms with Gasteiger partial charge in [-0.3, -0.25) is 8.37 Å². The molecule has 15 heavy (non-hydrogen) atoms. The summed E-state index contributed by atoms with van der Waals surface area (Å²) in [6, 6.07) is 0. The van der Waals surface area contributed by atoms with Crippen molar-refractivity contribution < 1.29 is 90.5 Å². The van der Waals surface area contributed by atoms with Gasteiger partial charge in [0.05, 0.1) is 31.3 Å². The van der Waals surface area contributed by atoms with Crippen LogP contribution in [-0.4, -0.2) is 36.2 Å². The Morgan fingerprint density at radius 1 is 0.933 bits per heavy atom. The van der Waals surface area contributed by atoms with E-state index in [0.717, 1.165) is 0 Å². The molecule has 7 nitrogen and oxygen atoms in total. The van der Waals surface area contributed by atoms with Crippen molar-refractivity contribution in [3.63, 3.8) is 0 Å². The Hall–Kier alpha value is 2.54. The Balaban J connectivity index is -0.000000202. The van der Waals surface area contributed by atoms with Crippen molar-refractivity contribution in [2.75, 3.05) is 13.2 Å². The van der Waals surface area contributed by atoms with Crippen LogP contribution in [0.2, 0.25) is 0 Å². The average Bonchev–Trinajstić information content (AvgIpc) is 1.76. The summed E-state index contributed by atoms with van der Waals surface area (Å²) in [6.45, 7) is -0.941. The van der Waals surface area contributed by atoms with E-state index in [1.165, 1.54) is 0 Å². The van der Waals surface area contributed by atoms with Gasteiger partial charge in [-0.05, 0) is 22.4 Å². The van der Waals surface area contributed by atoms with E-state index in [2.05, 4.69) is 30.7 Å². The summed E-state index contributed by atoms with van der Waals surface area (Å²) in [5.74, 6) is 0. The molecule has 0 aromatic heterocycles. The van der Waals surface area contributed by atoms with Crippen LogP contribution in [0.3, 0.4) is 0 Å². The first kappa shape index (κ1) is 26.2. The van der Waals surface area contributed by atoms with Crippen LogP contribution in [-0.2, 0) is 48.8 Å². The van der Waals surface area contributed by atoms with Gasteiger partial charge in [-0.1, -0.05) is 0 Å². The third-order valence-electron chi connectivity index (χ3n) is 0.539. The molecule has 0 fully saturated rings. The maximum absolute atomic E-state index is 10.1. The Kier molecular flexibility index (Phi) is 20.3. The molecule has 0 spiro atoms. The topological polar surface area (TPSA) is 130 Å². The molecule has 0 rings (SSSR count). The van der Waals surface area contributed by atoms with Crippen molar-refractivity contribution in [3.8, 4) is 0 Å². The van der Waals surface area contributed by atoms with Gasteiger partial charge in [-0.2, -0.15) is 0 Å². The van der Waals surface area contributed by atoms with Crippen molar-refractivity contribution in [2.45, 2.75) is 0 Å². The second-order valence-electron chi connectivity index (χ2n) is 1.46. The van der Waals surface area contributed by atoms with Crippen LogP contribution >= 0.6 is 0 Å². The van der Waals surface area contributed by atoms with E-state index in [1.54, 1.807) is 0 Å². The molecule has 0 bridgehead atoms. The molecule has 0 heterocycles. The van der Waals surface area contributed by atoms with Gasteiger partial charge in [0.15, 0.2) is 0 Å². The minimum atomic E-state index is -3.97. The summed E-state index contributed by atoms with van der Waals surface area (Å²) < 4.78 is 48.4. The molecule has 0 aliphatic rings. The molecule has 13 heteroatoms. The third-order valence-corrected chi connectivity index (χ3v) is 2.03. The van der Waals surface area contributed by atoms with Crippen molar-refractivity contribution in [1.29, 1.82) is 0 Å². The molecule has 0 saturated heterocycles. The molecular weight excluding hydrogens is 310 g/mol. The molecular formula is C2H6Na2O7S4. The zero-order valence-electron chi connectivity index (χ0n) is 8.00. The Bertz CT molecular complexity index is 287. The van der Waals surface area contributed by atoms with Crippen molar-refractivity contribution in [1.82, 2.24) is 0 Å². The molecule has 2 unspecified atom stereocenters. The van der Waals surface area contributed by atoms with E-state index in [0.29, 0.717) is 0 Å². The van der Waals surface area contributed by atoms with Gasteiger partial charge in [0.1, 0.15) is 0 Å². The Labute approximate surface area is 142 Å². The van der Waals surface area contributed by atoms with E-state index in [4.69, 9.17) is 0 Å². The zero-order chi connectivity index (χ0) is 9.83. The monoisotopic (exact) mass is 316 g/mol. The minimum absolute atomic E-state index is 0. The Morgan fingerprint density at radius 3 is 1.27 bits per heavy atom. The average molecular weight is 316 g/mol. The van der Waals surface area contributed by atoms with E-state index >= 15 is 0 Å². The van der Waals surface area contributed by atoms with Crippen LogP contribution in [0, 0.1) is 0 Å². The molecule has 0 radical (unpaired) electrons. The second-order valence-corrected chi connectivity index (χ2v) is 6.01. The first-order chi connectivity index (χ1) is 5.21. The van der Waals surface area contributed by atoms with Crippen LogP contribution in [0.1, 0.15) is 0 Å². The fourth-order valence-corrected chi connectivity index (χ4v) is 1.22. The summed E-state index contributed by atoms with van der Waals surface area (Å²) >= 11 is 7.62. The molecule has 2 atom stereocenters. The number of hydrogen-bond donors (Lipinski definition) is 0. The quantitative estimate of drug-likeness (QED) is 0.361. The first-order valence-electron chi connectivity index (χ1n) is 2.41. The number of rotatable bonds is 5. The normalized spacial score (nSPS) is 16.9. The minimum Gasteiger partial charge on any atom is -0.748 e. The first-order valence-corrected chi connectivity index (χ1v) is 7.08.